The van der Waals surface area contributed by atoms with E-state index in [9.17, 15) is 0 Å². The molecule has 106 valence electrons. The van der Waals surface area contributed by atoms with Crippen molar-refractivity contribution in [3.63, 3.8) is 0 Å². The number of ether oxygens (including phenoxy) is 1. The first-order valence-electron chi connectivity index (χ1n) is 6.94. The van der Waals surface area contributed by atoms with Crippen LogP contribution in [0.1, 0.15) is 18.4 Å². The first-order valence-corrected chi connectivity index (χ1v) is 6.94. The molecule has 6 nitrogen and oxygen atoms in total. The third-order valence-electron chi connectivity index (χ3n) is 3.76. The van der Waals surface area contributed by atoms with E-state index in [2.05, 4.69) is 15.5 Å². The van der Waals surface area contributed by atoms with Crippen LogP contribution in [-0.2, 0) is 11.3 Å². The molecule has 3 rings (SSSR count). The highest BCUT2D eigenvalue weighted by Gasteiger charge is 2.18. The van der Waals surface area contributed by atoms with Crippen LogP contribution in [0.15, 0.2) is 18.2 Å². The summed E-state index contributed by atoms with van der Waals surface area (Å²) in [5.74, 6) is 1.25. The van der Waals surface area contributed by atoms with Gasteiger partial charge in [-0.25, -0.2) is 4.68 Å². The number of nitrogens with two attached hydrogens (primary N) is 1. The summed E-state index contributed by atoms with van der Waals surface area (Å²) in [4.78, 5) is 0. The predicted molar refractivity (Wildman–Crippen MR) is 75.9 cm³/mol. The third-order valence-corrected chi connectivity index (χ3v) is 3.76. The molecule has 0 saturated carbocycles. The van der Waals surface area contributed by atoms with Crippen molar-refractivity contribution in [2.24, 2.45) is 5.92 Å². The molecule has 1 aromatic heterocycles. The van der Waals surface area contributed by atoms with Crippen LogP contribution in [0.5, 0.6) is 0 Å². The average Bonchev–Trinajstić information content (AvgIpc) is 2.91. The Hall–Kier alpha value is -1.95. The Morgan fingerprint density at radius 1 is 1.45 bits per heavy atom. The molecule has 2 N–H and O–H groups in total. The maximum absolute atomic E-state index is 5.96. The topological polar surface area (TPSA) is 78.8 Å². The Labute approximate surface area is 117 Å². The van der Waals surface area contributed by atoms with Gasteiger partial charge in [0.15, 0.2) is 5.82 Å². The smallest absolute Gasteiger partial charge is 0.182 e. The fourth-order valence-corrected chi connectivity index (χ4v) is 2.51. The summed E-state index contributed by atoms with van der Waals surface area (Å²) in [7, 11) is 0. The van der Waals surface area contributed by atoms with Crippen molar-refractivity contribution in [1.29, 1.82) is 0 Å². The van der Waals surface area contributed by atoms with Gasteiger partial charge in [0, 0.05) is 23.8 Å². The highest BCUT2D eigenvalue weighted by molar-refractivity contribution is 5.63. The summed E-state index contributed by atoms with van der Waals surface area (Å²) in [6.45, 7) is 4.43. The fourth-order valence-electron chi connectivity index (χ4n) is 2.51. The van der Waals surface area contributed by atoms with E-state index in [1.807, 2.05) is 29.8 Å². The Balaban J connectivity index is 1.83. The van der Waals surface area contributed by atoms with Gasteiger partial charge in [0.05, 0.1) is 13.2 Å². The number of anilines is 1. The van der Waals surface area contributed by atoms with Crippen LogP contribution in [0.4, 0.5) is 5.69 Å². The van der Waals surface area contributed by atoms with Crippen LogP contribution in [0.3, 0.4) is 0 Å². The van der Waals surface area contributed by atoms with Gasteiger partial charge in [0.2, 0.25) is 0 Å². The molecule has 2 heterocycles. The minimum atomic E-state index is 0.480. The first-order chi connectivity index (χ1) is 9.74. The highest BCUT2D eigenvalue weighted by Crippen LogP contribution is 2.23. The van der Waals surface area contributed by atoms with Gasteiger partial charge >= 0.3 is 0 Å². The molecule has 1 fully saturated rings. The van der Waals surface area contributed by atoms with Gasteiger partial charge in [-0.15, -0.1) is 5.10 Å². The number of aromatic nitrogens is 4. The van der Waals surface area contributed by atoms with Gasteiger partial charge in [0.25, 0.3) is 0 Å². The summed E-state index contributed by atoms with van der Waals surface area (Å²) in [5, 5.41) is 12.0. The van der Waals surface area contributed by atoms with Crippen LogP contribution >= 0.6 is 0 Å². The van der Waals surface area contributed by atoms with Crippen LogP contribution in [0.25, 0.3) is 11.4 Å². The van der Waals surface area contributed by atoms with E-state index >= 15 is 0 Å². The maximum Gasteiger partial charge on any atom is 0.182 e. The molecule has 6 heteroatoms. The van der Waals surface area contributed by atoms with Gasteiger partial charge in [-0.1, -0.05) is 12.1 Å². The number of tetrazole rings is 1. The fraction of sp³-hybridized carbons (Fsp3) is 0.500. The molecule has 20 heavy (non-hydrogen) atoms. The lowest BCUT2D eigenvalue weighted by atomic mass is 10.0. The second kappa shape index (κ2) is 5.58. The number of hydrogen-bond acceptors (Lipinski definition) is 5. The van der Waals surface area contributed by atoms with E-state index in [-0.39, 0.29) is 0 Å². The van der Waals surface area contributed by atoms with Crippen LogP contribution in [-0.4, -0.2) is 33.4 Å². The van der Waals surface area contributed by atoms with Crippen LogP contribution in [0, 0.1) is 12.8 Å². The standard InChI is InChI=1S/C14H19N5O/c1-10-4-5-12(7-13(10)15)14-16-17-18-19(14)8-11-3-2-6-20-9-11/h4-5,7,11H,2-3,6,8-9,15H2,1H3. The van der Waals surface area contributed by atoms with Gasteiger partial charge in [-0.2, -0.15) is 0 Å². The van der Waals surface area contributed by atoms with Gasteiger partial charge in [-0.05, 0) is 41.8 Å². The van der Waals surface area contributed by atoms with Crippen molar-refractivity contribution in [2.45, 2.75) is 26.3 Å². The van der Waals surface area contributed by atoms with Crippen molar-refractivity contribution in [1.82, 2.24) is 20.2 Å². The zero-order valence-corrected chi connectivity index (χ0v) is 11.6. The lowest BCUT2D eigenvalue weighted by molar-refractivity contribution is 0.0470. The van der Waals surface area contributed by atoms with E-state index in [1.54, 1.807) is 0 Å². The molecule has 0 aliphatic carbocycles. The van der Waals surface area contributed by atoms with Crippen molar-refractivity contribution in [3.8, 4) is 11.4 Å². The lowest BCUT2D eigenvalue weighted by Crippen LogP contribution is -2.23. The molecule has 1 atom stereocenters. The Morgan fingerprint density at radius 2 is 2.35 bits per heavy atom. The van der Waals surface area contributed by atoms with Gasteiger partial charge in [-0.3, -0.25) is 0 Å². The van der Waals surface area contributed by atoms with Gasteiger partial charge in [0.1, 0.15) is 0 Å². The summed E-state index contributed by atoms with van der Waals surface area (Å²) in [5.41, 5.74) is 8.74. The molecular formula is C14H19N5O. The Morgan fingerprint density at radius 3 is 3.10 bits per heavy atom. The quantitative estimate of drug-likeness (QED) is 0.860. The summed E-state index contributed by atoms with van der Waals surface area (Å²) < 4.78 is 7.36. The minimum absolute atomic E-state index is 0.480. The summed E-state index contributed by atoms with van der Waals surface area (Å²) >= 11 is 0. The van der Waals surface area contributed by atoms with E-state index in [1.165, 1.54) is 0 Å². The number of nitrogens with zero attached hydrogens (tertiary/aromatic N) is 4. The first kappa shape index (κ1) is 13.1. The zero-order valence-electron chi connectivity index (χ0n) is 11.6. The highest BCUT2D eigenvalue weighted by atomic mass is 16.5. The molecule has 0 spiro atoms. The number of nitrogen functional groups attached to an aromatic ring is 1. The van der Waals surface area contributed by atoms with E-state index < -0.39 is 0 Å². The average molecular weight is 273 g/mol. The predicted octanol–water partition coefficient (Wildman–Crippen LogP) is 1.66. The molecule has 1 aliphatic heterocycles. The maximum atomic E-state index is 5.96. The van der Waals surface area contributed by atoms with E-state index in [0.717, 1.165) is 55.2 Å². The monoisotopic (exact) mass is 273 g/mol. The molecule has 1 aliphatic rings. The molecule has 0 amide bonds. The molecule has 1 saturated heterocycles. The number of aryl methyl sites for hydroxylation is 1. The van der Waals surface area contributed by atoms with Crippen molar-refractivity contribution in [2.75, 3.05) is 18.9 Å². The van der Waals surface area contributed by atoms with Crippen molar-refractivity contribution < 1.29 is 4.74 Å². The van der Waals surface area contributed by atoms with E-state index in [0.29, 0.717) is 5.92 Å². The molecular weight excluding hydrogens is 254 g/mol. The molecule has 0 bridgehead atoms. The van der Waals surface area contributed by atoms with Crippen LogP contribution in [0.2, 0.25) is 0 Å². The SMILES string of the molecule is Cc1ccc(-c2nnnn2CC2CCCOC2)cc1N. The number of rotatable bonds is 3. The number of hydrogen-bond donors (Lipinski definition) is 1. The minimum Gasteiger partial charge on any atom is -0.398 e. The van der Waals surface area contributed by atoms with Crippen LogP contribution < -0.4 is 5.73 Å². The van der Waals surface area contributed by atoms with Crippen molar-refractivity contribution in [3.05, 3.63) is 23.8 Å². The van der Waals surface area contributed by atoms with E-state index in [4.69, 9.17) is 10.5 Å². The Kier molecular flexibility index (Phi) is 3.64. The third kappa shape index (κ3) is 2.65. The zero-order chi connectivity index (χ0) is 13.9. The number of benzene rings is 1. The Bertz CT molecular complexity index is 589. The largest absolute Gasteiger partial charge is 0.398 e. The normalized spacial score (nSPS) is 19.1. The van der Waals surface area contributed by atoms with Gasteiger partial charge < -0.3 is 10.5 Å². The second-order valence-corrected chi connectivity index (χ2v) is 5.34. The summed E-state index contributed by atoms with van der Waals surface area (Å²) in [6.07, 6.45) is 2.27. The molecule has 1 aromatic carbocycles. The summed E-state index contributed by atoms with van der Waals surface area (Å²) in [6, 6.07) is 5.92. The molecule has 0 radical (unpaired) electrons. The lowest BCUT2D eigenvalue weighted by Gasteiger charge is -2.21. The molecule has 1 unspecified atom stereocenters. The van der Waals surface area contributed by atoms with Crippen molar-refractivity contribution >= 4 is 5.69 Å². The second-order valence-electron chi connectivity index (χ2n) is 5.34. The molecule has 2 aromatic rings.